The highest BCUT2D eigenvalue weighted by Crippen LogP contribution is 2.42. The SMILES string of the molecule is C=C(CCC)C1=C(CN2CCN(c3ccc(C(=O)NS(=O)(=O)c4ccc(N[C@H](CCN5CCN(CCCCC(N)=O)CC5)CSc5ccccc5)c(S(=O)(=O)C(F)(F)F)c4)cc3)CC2)CCC(C)(C)C1. The molecule has 3 aliphatic rings. The molecule has 2 fully saturated rings. The first-order valence-electron chi connectivity index (χ1n) is 24.3. The predicted octanol–water partition coefficient (Wildman–Crippen LogP) is 8.32. The van der Waals surface area contributed by atoms with E-state index in [0.717, 1.165) is 133 Å². The normalized spacial score (nSPS) is 18.1. The molecule has 0 radical (unpaired) electrons. The first kappa shape index (κ1) is 54.9. The molecule has 0 aromatic heterocycles. The summed E-state index contributed by atoms with van der Waals surface area (Å²) < 4.78 is 98.5. The number of nitrogens with two attached hydrogens (primary N) is 1. The molecule has 70 heavy (non-hydrogen) atoms. The molecule has 1 atom stereocenters. The number of rotatable bonds is 23. The van der Waals surface area contributed by atoms with Gasteiger partial charge in [-0.2, -0.15) is 13.2 Å². The van der Waals surface area contributed by atoms with Gasteiger partial charge in [-0.3, -0.25) is 14.5 Å². The Balaban J connectivity index is 1.11. The molecule has 384 valence electrons. The minimum Gasteiger partial charge on any atom is -0.380 e. The average molecular weight is 1030 g/mol. The summed E-state index contributed by atoms with van der Waals surface area (Å²) in [6, 6.07) is 17.7. The van der Waals surface area contributed by atoms with E-state index in [1.54, 1.807) is 12.1 Å². The van der Waals surface area contributed by atoms with Crippen LogP contribution in [0.3, 0.4) is 0 Å². The third-order valence-corrected chi connectivity index (χ3v) is 17.5. The van der Waals surface area contributed by atoms with Crippen LogP contribution in [-0.4, -0.2) is 133 Å². The van der Waals surface area contributed by atoms with E-state index in [1.807, 2.05) is 35.1 Å². The van der Waals surface area contributed by atoms with Gasteiger partial charge in [0.1, 0.15) is 4.90 Å². The van der Waals surface area contributed by atoms with Gasteiger partial charge in [0.2, 0.25) is 5.91 Å². The highest BCUT2D eigenvalue weighted by atomic mass is 32.2. The van der Waals surface area contributed by atoms with E-state index in [4.69, 9.17) is 5.73 Å². The van der Waals surface area contributed by atoms with Gasteiger partial charge in [-0.05, 0) is 117 Å². The van der Waals surface area contributed by atoms with Crippen molar-refractivity contribution in [2.75, 3.05) is 88.0 Å². The number of unbranched alkanes of at least 4 members (excludes halogenated alkanes) is 1. The van der Waals surface area contributed by atoms with Crippen molar-refractivity contribution in [3.05, 3.63) is 102 Å². The van der Waals surface area contributed by atoms with Gasteiger partial charge in [-0.25, -0.2) is 21.6 Å². The van der Waals surface area contributed by atoms with Crippen molar-refractivity contribution in [2.45, 2.75) is 105 Å². The standard InChI is InChI=1S/C51H70F3N7O6S3/c1-5-11-38(2)45-35-50(3,4)23-21-40(45)36-60-30-32-61(33-31-60)42-17-15-39(16-18-42)49(63)57-70(66,67)44-19-20-46(47(34-44)69(64,65)51(52,53)54)56-41(37-68-43-12-7-6-8-13-43)22-25-59-28-26-58(27-29-59)24-10-9-14-48(55)62/h6-8,12-13,15-20,34,41,56H,2,5,9-11,14,21-33,35-37H2,1,3-4H3,(H2,55,62)(H,57,63)/t41-/m1/s1. The van der Waals surface area contributed by atoms with Crippen LogP contribution in [-0.2, 0) is 24.7 Å². The second kappa shape index (κ2) is 24.3. The fourth-order valence-corrected chi connectivity index (χ4v) is 12.3. The second-order valence-electron chi connectivity index (χ2n) is 19.5. The van der Waals surface area contributed by atoms with Crippen LogP contribution in [0.4, 0.5) is 24.5 Å². The maximum absolute atomic E-state index is 14.3. The molecule has 19 heteroatoms. The van der Waals surface area contributed by atoms with Gasteiger partial charge in [0.05, 0.1) is 10.6 Å². The van der Waals surface area contributed by atoms with E-state index >= 15 is 0 Å². The molecular formula is C51H70F3N7O6S3. The molecule has 4 N–H and O–H groups in total. The Morgan fingerprint density at radius 3 is 2.11 bits per heavy atom. The summed E-state index contributed by atoms with van der Waals surface area (Å²) in [7, 11) is -10.9. The van der Waals surface area contributed by atoms with E-state index < -0.39 is 52.8 Å². The molecule has 3 aromatic rings. The molecule has 2 aliphatic heterocycles. The number of sulfonamides is 1. The second-order valence-corrected chi connectivity index (χ2v) is 24.2. The summed E-state index contributed by atoms with van der Waals surface area (Å²) in [6.45, 7) is 19.9. The highest BCUT2D eigenvalue weighted by molar-refractivity contribution is 7.99. The Hall–Kier alpha value is -4.40. The molecule has 0 bridgehead atoms. The molecular weight excluding hydrogens is 960 g/mol. The van der Waals surface area contributed by atoms with E-state index in [9.17, 15) is 39.6 Å². The number of alkyl halides is 3. The fraction of sp³-hybridized carbons (Fsp3) is 0.529. The maximum Gasteiger partial charge on any atom is 0.501 e. The summed E-state index contributed by atoms with van der Waals surface area (Å²) in [5.41, 5.74) is 4.40. The summed E-state index contributed by atoms with van der Waals surface area (Å²) in [5, 5.41) is 3.03. The van der Waals surface area contributed by atoms with Crippen LogP contribution in [0.25, 0.3) is 0 Å². The fourth-order valence-electron chi connectivity index (χ4n) is 9.31. The van der Waals surface area contributed by atoms with Crippen molar-refractivity contribution in [1.82, 2.24) is 19.4 Å². The smallest absolute Gasteiger partial charge is 0.380 e. The zero-order valence-electron chi connectivity index (χ0n) is 40.7. The Labute approximate surface area is 417 Å². The number of hydrogen-bond acceptors (Lipinski definition) is 12. The van der Waals surface area contributed by atoms with Crippen LogP contribution in [0.15, 0.2) is 111 Å². The lowest BCUT2D eigenvalue weighted by Crippen LogP contribution is -2.47. The lowest BCUT2D eigenvalue weighted by molar-refractivity contribution is -0.118. The average Bonchev–Trinajstić information content (AvgIpc) is 3.32. The summed E-state index contributed by atoms with van der Waals surface area (Å²) in [6.07, 6.45) is 7.69. The summed E-state index contributed by atoms with van der Waals surface area (Å²) >= 11 is 1.45. The molecule has 13 nitrogen and oxygen atoms in total. The number of thioether (sulfide) groups is 1. The lowest BCUT2D eigenvalue weighted by atomic mass is 9.72. The van der Waals surface area contributed by atoms with E-state index in [2.05, 4.69) is 52.3 Å². The molecule has 2 saturated heterocycles. The molecule has 0 saturated carbocycles. The van der Waals surface area contributed by atoms with Crippen molar-refractivity contribution in [2.24, 2.45) is 11.1 Å². The van der Waals surface area contributed by atoms with Gasteiger partial charge in [0.15, 0.2) is 0 Å². The number of allylic oxidation sites excluding steroid dienone is 2. The number of carbonyl (C=O) groups excluding carboxylic acids is 2. The monoisotopic (exact) mass is 1030 g/mol. The van der Waals surface area contributed by atoms with Crippen LogP contribution in [0, 0.1) is 5.41 Å². The minimum atomic E-state index is -6.08. The molecule has 2 amide bonds. The molecule has 0 unspecified atom stereocenters. The topological polar surface area (TPSA) is 165 Å². The number of benzene rings is 3. The number of sulfone groups is 1. The van der Waals surface area contributed by atoms with Gasteiger partial charge in [0, 0.05) is 99.8 Å². The number of nitrogens with zero attached hydrogens (tertiary/aromatic N) is 4. The lowest BCUT2D eigenvalue weighted by Gasteiger charge is -2.39. The predicted molar refractivity (Wildman–Crippen MR) is 273 cm³/mol. The van der Waals surface area contributed by atoms with Crippen molar-refractivity contribution in [3.63, 3.8) is 0 Å². The van der Waals surface area contributed by atoms with Gasteiger partial charge >= 0.3 is 5.51 Å². The first-order chi connectivity index (χ1) is 33.1. The number of nitrogens with one attached hydrogen (secondary N) is 2. The largest absolute Gasteiger partial charge is 0.501 e. The summed E-state index contributed by atoms with van der Waals surface area (Å²) in [5.74, 6) is -0.987. The number of hydrogen-bond donors (Lipinski definition) is 3. The van der Waals surface area contributed by atoms with Crippen molar-refractivity contribution in [1.29, 1.82) is 0 Å². The number of primary amides is 1. The van der Waals surface area contributed by atoms with Crippen molar-refractivity contribution >= 4 is 54.8 Å². The van der Waals surface area contributed by atoms with Gasteiger partial charge in [0.25, 0.3) is 25.8 Å². The van der Waals surface area contributed by atoms with Gasteiger partial charge in [-0.15, -0.1) is 11.8 Å². The summed E-state index contributed by atoms with van der Waals surface area (Å²) in [4.78, 5) is 32.5. The minimum absolute atomic E-state index is 0.000226. The first-order valence-corrected chi connectivity index (χ1v) is 28.3. The van der Waals surface area contributed by atoms with Crippen molar-refractivity contribution in [3.8, 4) is 0 Å². The molecule has 1 aliphatic carbocycles. The van der Waals surface area contributed by atoms with Crippen LogP contribution >= 0.6 is 11.8 Å². The van der Waals surface area contributed by atoms with Gasteiger partial charge < -0.3 is 25.8 Å². The molecule has 0 spiro atoms. The van der Waals surface area contributed by atoms with Crippen LogP contribution in [0.5, 0.6) is 0 Å². The number of carbonyl (C=O) groups is 2. The Kier molecular flexibility index (Phi) is 19.1. The van der Waals surface area contributed by atoms with Crippen LogP contribution < -0.4 is 20.7 Å². The third kappa shape index (κ3) is 15.3. The third-order valence-electron chi connectivity index (χ3n) is 13.5. The van der Waals surface area contributed by atoms with Crippen LogP contribution in [0.2, 0.25) is 0 Å². The van der Waals surface area contributed by atoms with E-state index in [1.165, 1.54) is 40.6 Å². The van der Waals surface area contributed by atoms with Crippen molar-refractivity contribution < 1.29 is 39.6 Å². The number of piperazine rings is 2. The highest BCUT2D eigenvalue weighted by Gasteiger charge is 2.48. The Morgan fingerprint density at radius 2 is 1.49 bits per heavy atom. The van der Waals surface area contributed by atoms with Crippen LogP contribution in [0.1, 0.15) is 88.9 Å². The maximum atomic E-state index is 14.3. The number of anilines is 2. The van der Waals surface area contributed by atoms with E-state index in [-0.39, 0.29) is 16.9 Å². The number of amides is 2. The number of halogens is 3. The zero-order chi connectivity index (χ0) is 50.7. The zero-order valence-corrected chi connectivity index (χ0v) is 43.2. The van der Waals surface area contributed by atoms with Gasteiger partial charge in [-0.1, -0.05) is 63.1 Å². The Morgan fingerprint density at radius 1 is 0.843 bits per heavy atom. The molecule has 2 heterocycles. The van der Waals surface area contributed by atoms with E-state index in [0.29, 0.717) is 31.2 Å². The molecule has 3 aromatic carbocycles. The quantitative estimate of drug-likeness (QED) is 0.0616. The Bertz CT molecular complexity index is 2530. The molecule has 6 rings (SSSR count).